The molecule has 222 valence electrons. The number of nitrogens with one attached hydrogen (secondary N) is 2. The number of hydrogen-bond donors (Lipinski definition) is 6. The van der Waals surface area contributed by atoms with Crippen LogP contribution >= 0.6 is 0 Å². The Hall–Kier alpha value is -4.13. The summed E-state index contributed by atoms with van der Waals surface area (Å²) in [4.78, 5) is 46.1. The molecule has 41 heavy (non-hydrogen) atoms. The lowest BCUT2D eigenvalue weighted by molar-refractivity contribution is -0.522. The van der Waals surface area contributed by atoms with Crippen LogP contribution < -0.4 is 21.8 Å². The van der Waals surface area contributed by atoms with Gasteiger partial charge in [0.2, 0.25) is 11.8 Å². The van der Waals surface area contributed by atoms with Crippen molar-refractivity contribution in [3.63, 3.8) is 0 Å². The van der Waals surface area contributed by atoms with Crippen LogP contribution in [0.25, 0.3) is 0 Å². The lowest BCUT2D eigenvalue weighted by Gasteiger charge is -2.46. The second-order valence-electron chi connectivity index (χ2n) is 9.87. The second kappa shape index (κ2) is 8.93. The van der Waals surface area contributed by atoms with Crippen molar-refractivity contribution in [2.45, 2.75) is 54.8 Å². The molecule has 0 aromatic heterocycles. The summed E-state index contributed by atoms with van der Waals surface area (Å²) in [5, 5.41) is 25.3. The maximum absolute atomic E-state index is 13.6. The summed E-state index contributed by atoms with van der Waals surface area (Å²) in [7, 11) is 0. The van der Waals surface area contributed by atoms with Crippen molar-refractivity contribution in [2.24, 2.45) is 16.5 Å². The van der Waals surface area contributed by atoms with E-state index in [0.717, 1.165) is 9.80 Å². The van der Waals surface area contributed by atoms with Crippen LogP contribution in [-0.2, 0) is 26.7 Å². The number of benzene rings is 1. The first-order valence-corrected chi connectivity index (χ1v) is 11.9. The van der Waals surface area contributed by atoms with E-state index in [4.69, 9.17) is 16.2 Å². The zero-order chi connectivity index (χ0) is 30.3. The molecular formula is C22H22F6N7O6+. The molecule has 1 aromatic rings. The Morgan fingerprint density at radius 3 is 2.34 bits per heavy atom. The molecule has 4 aliphatic heterocycles. The van der Waals surface area contributed by atoms with E-state index in [1.165, 1.54) is 0 Å². The molecule has 4 heterocycles. The van der Waals surface area contributed by atoms with Gasteiger partial charge in [-0.3, -0.25) is 30.1 Å². The third-order valence-corrected chi connectivity index (χ3v) is 7.48. The quantitative estimate of drug-likeness (QED) is 0.0914. The fourth-order valence-electron chi connectivity index (χ4n) is 5.60. The van der Waals surface area contributed by atoms with Crippen molar-refractivity contribution in [2.75, 3.05) is 13.1 Å². The number of carbonyl (C=O) groups excluding carboxylic acids is 3. The van der Waals surface area contributed by atoms with Gasteiger partial charge in [-0.05, 0) is 18.2 Å². The minimum Gasteiger partial charge on any atom is -0.451 e. The number of esters is 1. The molecule has 2 amide bonds. The SMILES string of the molecule is NC1=N[C@@H](CN2C(=O)CCC2=O)[C@@H]2[NH+]=C(N)N[C@]23N1C[C@H](OC(=O)c1cc(C(F)(F)F)ccc1C(F)(F)F)C3(O)O. The number of halogens is 6. The standard InChI is InChI=1S/C22H21F6N7O6/c23-21(24,25)8-1-2-10(22(26,27)28)9(5-8)16(38)41-12-7-35-18(30)31-11(6-34-13(36)3-4-14(34)37)15-19(35,20(12,39)40)33-17(29)32-15/h1-2,5,11-12,15,39-40H,3-4,6-7H2,(H2,30,31)(H3,29,32,33)/p+1/t11-,12-,15-,19-/m0/s1. The predicted molar refractivity (Wildman–Crippen MR) is 121 cm³/mol. The number of alkyl halides is 6. The molecule has 0 unspecified atom stereocenters. The van der Waals surface area contributed by atoms with Crippen LogP contribution in [0, 0.1) is 0 Å². The van der Waals surface area contributed by atoms with Gasteiger partial charge in [0, 0.05) is 12.8 Å². The summed E-state index contributed by atoms with van der Waals surface area (Å²) in [5.74, 6) is -6.85. The second-order valence-corrected chi connectivity index (χ2v) is 9.87. The van der Waals surface area contributed by atoms with Crippen LogP contribution in [0.15, 0.2) is 23.2 Å². The lowest BCUT2D eigenvalue weighted by atomic mass is 9.85. The molecular weight excluding hydrogens is 572 g/mol. The smallest absolute Gasteiger partial charge is 0.417 e. The van der Waals surface area contributed by atoms with Crippen LogP contribution in [0.5, 0.6) is 0 Å². The molecule has 5 rings (SSSR count). The van der Waals surface area contributed by atoms with E-state index in [2.05, 4.69) is 15.3 Å². The first kappa shape index (κ1) is 28.4. The largest absolute Gasteiger partial charge is 0.451 e. The van der Waals surface area contributed by atoms with Gasteiger partial charge in [-0.15, -0.1) is 0 Å². The third-order valence-electron chi connectivity index (χ3n) is 7.48. The summed E-state index contributed by atoms with van der Waals surface area (Å²) in [6, 6.07) is -2.26. The topological polar surface area (TPSA) is 198 Å². The molecule has 0 saturated carbocycles. The minimum absolute atomic E-state index is 0.0515. The fourth-order valence-corrected chi connectivity index (χ4v) is 5.60. The van der Waals surface area contributed by atoms with Crippen molar-refractivity contribution in [3.05, 3.63) is 34.9 Å². The molecule has 13 nitrogen and oxygen atoms in total. The van der Waals surface area contributed by atoms with E-state index >= 15 is 0 Å². The monoisotopic (exact) mass is 594 g/mol. The highest BCUT2D eigenvalue weighted by atomic mass is 19.4. The molecule has 0 bridgehead atoms. The molecule has 0 radical (unpaired) electrons. The number of nitrogens with two attached hydrogens (primary N) is 2. The highest BCUT2D eigenvalue weighted by Gasteiger charge is 2.77. The van der Waals surface area contributed by atoms with Crippen molar-refractivity contribution < 1.29 is 60.7 Å². The number of amides is 2. The average molecular weight is 594 g/mol. The third kappa shape index (κ3) is 4.30. The summed E-state index contributed by atoms with van der Waals surface area (Å²) in [6.07, 6.45) is -12.6. The van der Waals surface area contributed by atoms with E-state index in [1.54, 1.807) is 0 Å². The Bertz CT molecular complexity index is 1380. The number of likely N-dealkylation sites (tertiary alicyclic amines) is 1. The maximum atomic E-state index is 13.6. The van der Waals surface area contributed by atoms with Gasteiger partial charge in [0.25, 0.3) is 11.4 Å². The number of carbonyl (C=O) groups is 3. The Labute approximate surface area is 225 Å². The molecule has 4 atom stereocenters. The number of aliphatic hydroxyl groups is 2. The lowest BCUT2D eigenvalue weighted by Crippen LogP contribution is -2.90. The zero-order valence-electron chi connectivity index (χ0n) is 20.6. The van der Waals surface area contributed by atoms with Crippen LogP contribution in [0.2, 0.25) is 0 Å². The minimum atomic E-state index is -5.26. The number of imide groups is 1. The highest BCUT2D eigenvalue weighted by molar-refractivity contribution is 6.02. The Balaban J connectivity index is 1.49. The first-order valence-electron chi connectivity index (χ1n) is 11.9. The number of guanidine groups is 2. The van der Waals surface area contributed by atoms with Crippen LogP contribution in [0.1, 0.15) is 34.3 Å². The van der Waals surface area contributed by atoms with Gasteiger partial charge in [0.15, 0.2) is 18.1 Å². The Morgan fingerprint density at radius 2 is 1.76 bits per heavy atom. The van der Waals surface area contributed by atoms with E-state index in [9.17, 15) is 50.9 Å². The number of rotatable bonds is 4. The van der Waals surface area contributed by atoms with Gasteiger partial charge < -0.3 is 20.7 Å². The van der Waals surface area contributed by atoms with Gasteiger partial charge in [-0.25, -0.2) is 15.1 Å². The maximum Gasteiger partial charge on any atom is 0.417 e. The van der Waals surface area contributed by atoms with Gasteiger partial charge >= 0.3 is 24.3 Å². The van der Waals surface area contributed by atoms with Crippen LogP contribution in [-0.4, -0.2) is 92.4 Å². The number of nitrogens with zero attached hydrogens (tertiary/aromatic N) is 3. The highest BCUT2D eigenvalue weighted by Crippen LogP contribution is 2.43. The molecule has 19 heteroatoms. The Morgan fingerprint density at radius 1 is 1.12 bits per heavy atom. The summed E-state index contributed by atoms with van der Waals surface area (Å²) in [6.45, 7) is -1.07. The van der Waals surface area contributed by atoms with Crippen LogP contribution in [0.3, 0.4) is 0 Å². The number of aliphatic imine (C=N–C) groups is 1. The Kier molecular flexibility index (Phi) is 6.19. The predicted octanol–water partition coefficient (Wildman–Crippen LogP) is -2.84. The van der Waals surface area contributed by atoms with Gasteiger partial charge in [-0.2, -0.15) is 26.3 Å². The summed E-state index contributed by atoms with van der Waals surface area (Å²) in [5.41, 5.74) is 4.88. The van der Waals surface area contributed by atoms with E-state index in [1.807, 2.05) is 0 Å². The van der Waals surface area contributed by atoms with E-state index in [0.29, 0.717) is 0 Å². The van der Waals surface area contributed by atoms with Crippen molar-refractivity contribution in [3.8, 4) is 0 Å². The van der Waals surface area contributed by atoms with Gasteiger partial charge in [-0.1, -0.05) is 0 Å². The molecule has 1 spiro atoms. The molecule has 2 saturated heterocycles. The number of ether oxygens (including phenoxy) is 1. The molecule has 2 fully saturated rings. The first-order chi connectivity index (χ1) is 18.9. The summed E-state index contributed by atoms with van der Waals surface area (Å²) >= 11 is 0. The van der Waals surface area contributed by atoms with Gasteiger partial charge in [0.05, 0.1) is 29.8 Å². The summed E-state index contributed by atoms with van der Waals surface area (Å²) < 4.78 is 85.4. The normalized spacial score (nSPS) is 29.1. The molecule has 1 aromatic carbocycles. The fraction of sp³-hybridized carbons (Fsp3) is 0.500. The van der Waals surface area contributed by atoms with Crippen molar-refractivity contribution in [1.82, 2.24) is 15.1 Å². The zero-order valence-corrected chi connectivity index (χ0v) is 20.6. The van der Waals surface area contributed by atoms with Crippen LogP contribution in [0.4, 0.5) is 26.3 Å². The average Bonchev–Trinajstić information content (AvgIpc) is 3.45. The molecule has 0 aliphatic carbocycles. The van der Waals surface area contributed by atoms with Gasteiger partial charge in [0.1, 0.15) is 6.04 Å². The van der Waals surface area contributed by atoms with E-state index in [-0.39, 0.29) is 43.5 Å². The number of hydrogen-bond acceptors (Lipinski definition) is 11. The van der Waals surface area contributed by atoms with E-state index < -0.39 is 89.0 Å². The van der Waals surface area contributed by atoms with Crippen molar-refractivity contribution >= 4 is 29.7 Å². The van der Waals surface area contributed by atoms with Crippen molar-refractivity contribution in [1.29, 1.82) is 0 Å². The molecule has 8 N–H and O–H groups in total. The molecule has 4 aliphatic rings.